The zero-order chi connectivity index (χ0) is 26.1. The van der Waals surface area contributed by atoms with E-state index in [4.69, 9.17) is 26.6 Å². The SMILES string of the molecule is O=C(O)C=CC(=O)O.O=C1c2ccc(Cl)cc2CN1CC1CCN(CCOc2ccc(F)cc2)CC1. The van der Waals surface area contributed by atoms with E-state index in [1.165, 1.54) is 12.1 Å². The third kappa shape index (κ3) is 8.35. The number of likely N-dealkylation sites (tertiary alicyclic amines) is 1. The number of carbonyl (C=O) groups is 3. The van der Waals surface area contributed by atoms with Gasteiger partial charge < -0.3 is 19.8 Å². The standard InChI is InChI=1S/C22H24ClFN2O2.C4H4O4/c23-18-1-6-21-17(13-18)15-26(22(21)27)14-16-7-9-25(10-8-16)11-12-28-20-4-2-19(24)3-5-20;5-3(6)1-2-4(7)8/h1-6,13,16H,7-12,14-15H2;1-2H,(H,5,6)(H,7,8). The number of amides is 1. The fourth-order valence-corrected chi connectivity index (χ4v) is 4.36. The van der Waals surface area contributed by atoms with Gasteiger partial charge in [0.1, 0.15) is 18.2 Å². The van der Waals surface area contributed by atoms with E-state index in [9.17, 15) is 18.8 Å². The summed E-state index contributed by atoms with van der Waals surface area (Å²) in [6.45, 7) is 4.95. The molecule has 4 rings (SSSR count). The van der Waals surface area contributed by atoms with E-state index >= 15 is 0 Å². The topological polar surface area (TPSA) is 107 Å². The Morgan fingerprint density at radius 1 is 1.06 bits per heavy atom. The van der Waals surface area contributed by atoms with E-state index in [2.05, 4.69) is 4.90 Å². The zero-order valence-corrected chi connectivity index (χ0v) is 20.4. The molecular weight excluding hydrogens is 491 g/mol. The molecule has 1 amide bonds. The lowest BCUT2D eigenvalue weighted by Crippen LogP contribution is -2.40. The second-order valence-corrected chi connectivity index (χ2v) is 9.02. The maximum Gasteiger partial charge on any atom is 0.328 e. The summed E-state index contributed by atoms with van der Waals surface area (Å²) in [5, 5.41) is 16.3. The minimum atomic E-state index is -1.26. The van der Waals surface area contributed by atoms with E-state index in [1.54, 1.807) is 18.2 Å². The van der Waals surface area contributed by atoms with Gasteiger partial charge in [-0.3, -0.25) is 9.69 Å². The molecule has 0 spiro atoms. The molecule has 1 fully saturated rings. The normalized spacial score (nSPS) is 15.9. The number of halogens is 2. The molecule has 2 aliphatic rings. The average Bonchev–Trinajstić information content (AvgIpc) is 3.14. The summed E-state index contributed by atoms with van der Waals surface area (Å²) in [5.41, 5.74) is 1.83. The van der Waals surface area contributed by atoms with Gasteiger partial charge >= 0.3 is 11.9 Å². The minimum absolute atomic E-state index is 0.127. The van der Waals surface area contributed by atoms with Crippen molar-refractivity contribution in [1.82, 2.24) is 9.80 Å². The van der Waals surface area contributed by atoms with Crippen LogP contribution in [0.1, 0.15) is 28.8 Å². The molecule has 2 aromatic carbocycles. The van der Waals surface area contributed by atoms with Gasteiger partial charge in [0.2, 0.25) is 0 Å². The van der Waals surface area contributed by atoms with Gasteiger partial charge in [-0.05, 0) is 79.9 Å². The second-order valence-electron chi connectivity index (χ2n) is 8.58. The summed E-state index contributed by atoms with van der Waals surface area (Å²) in [4.78, 5) is 36.0. The molecule has 8 nitrogen and oxygen atoms in total. The Kier molecular flexibility index (Phi) is 9.84. The molecular formula is C26H28ClFN2O6. The third-order valence-electron chi connectivity index (χ3n) is 5.99. The Morgan fingerprint density at radius 2 is 1.69 bits per heavy atom. The molecule has 0 aromatic heterocycles. The van der Waals surface area contributed by atoms with Crippen molar-refractivity contribution in [3.63, 3.8) is 0 Å². The lowest BCUT2D eigenvalue weighted by molar-refractivity contribution is -0.134. The molecule has 192 valence electrons. The van der Waals surface area contributed by atoms with Crippen LogP contribution in [-0.4, -0.2) is 70.6 Å². The van der Waals surface area contributed by atoms with Crippen LogP contribution in [0.3, 0.4) is 0 Å². The highest BCUT2D eigenvalue weighted by Crippen LogP contribution is 2.28. The van der Waals surface area contributed by atoms with Gasteiger partial charge in [0.25, 0.3) is 5.91 Å². The first-order chi connectivity index (χ1) is 17.2. The molecule has 2 aromatic rings. The molecule has 2 heterocycles. The quantitative estimate of drug-likeness (QED) is 0.510. The second kappa shape index (κ2) is 13.0. The van der Waals surface area contributed by atoms with Crippen LogP contribution in [-0.2, 0) is 16.1 Å². The highest BCUT2D eigenvalue weighted by Gasteiger charge is 2.30. The number of carbonyl (C=O) groups excluding carboxylic acids is 1. The Labute approximate surface area is 213 Å². The minimum Gasteiger partial charge on any atom is -0.492 e. The summed E-state index contributed by atoms with van der Waals surface area (Å²) >= 11 is 6.05. The molecule has 2 aliphatic heterocycles. The number of hydrogen-bond acceptors (Lipinski definition) is 5. The van der Waals surface area contributed by atoms with Gasteiger partial charge in [-0.2, -0.15) is 0 Å². The van der Waals surface area contributed by atoms with Crippen LogP contribution in [0.5, 0.6) is 5.75 Å². The van der Waals surface area contributed by atoms with Gasteiger partial charge in [-0.1, -0.05) is 11.6 Å². The average molecular weight is 519 g/mol. The number of carboxylic acid groups (broad SMARTS) is 2. The van der Waals surface area contributed by atoms with Crippen LogP contribution in [0.25, 0.3) is 0 Å². The van der Waals surface area contributed by atoms with Gasteiger partial charge in [0.15, 0.2) is 0 Å². The number of carboxylic acids is 2. The maximum atomic E-state index is 12.9. The van der Waals surface area contributed by atoms with Gasteiger partial charge in [-0.25, -0.2) is 14.0 Å². The highest BCUT2D eigenvalue weighted by molar-refractivity contribution is 6.30. The van der Waals surface area contributed by atoms with Gasteiger partial charge in [-0.15, -0.1) is 0 Å². The Bertz CT molecular complexity index is 1080. The molecule has 0 radical (unpaired) electrons. The van der Waals surface area contributed by atoms with Crippen molar-refractivity contribution < 1.29 is 33.7 Å². The number of rotatable bonds is 8. The van der Waals surface area contributed by atoms with Crippen molar-refractivity contribution in [2.75, 3.05) is 32.8 Å². The van der Waals surface area contributed by atoms with Crippen molar-refractivity contribution >= 4 is 29.4 Å². The molecule has 0 atom stereocenters. The smallest absolute Gasteiger partial charge is 0.328 e. The van der Waals surface area contributed by atoms with Crippen molar-refractivity contribution in [2.45, 2.75) is 19.4 Å². The first-order valence-corrected chi connectivity index (χ1v) is 11.9. The molecule has 0 bridgehead atoms. The monoisotopic (exact) mass is 518 g/mol. The van der Waals surface area contributed by atoms with E-state index < -0.39 is 11.9 Å². The number of fused-ring (bicyclic) bond motifs is 1. The molecule has 10 heteroatoms. The number of benzene rings is 2. The van der Waals surface area contributed by atoms with Crippen LogP contribution in [0.2, 0.25) is 5.02 Å². The Balaban J connectivity index is 0.000000392. The number of aliphatic carboxylic acids is 2. The summed E-state index contributed by atoms with van der Waals surface area (Å²) < 4.78 is 18.6. The molecule has 1 saturated heterocycles. The van der Waals surface area contributed by atoms with Crippen molar-refractivity contribution in [3.05, 3.63) is 76.6 Å². The largest absolute Gasteiger partial charge is 0.492 e. The molecule has 0 saturated carbocycles. The van der Waals surface area contributed by atoms with Crippen LogP contribution in [0, 0.1) is 11.7 Å². The number of ether oxygens (including phenoxy) is 1. The van der Waals surface area contributed by atoms with E-state index in [1.807, 2.05) is 17.0 Å². The Morgan fingerprint density at radius 3 is 2.31 bits per heavy atom. The number of nitrogens with zero attached hydrogens (tertiary/aromatic N) is 2. The van der Waals surface area contributed by atoms with E-state index in [-0.39, 0.29) is 11.7 Å². The van der Waals surface area contributed by atoms with Crippen LogP contribution < -0.4 is 4.74 Å². The lowest BCUT2D eigenvalue weighted by atomic mass is 9.96. The number of piperidine rings is 1. The Hall–Kier alpha value is -3.43. The summed E-state index contributed by atoms with van der Waals surface area (Å²) in [5.74, 6) is -1.41. The molecule has 36 heavy (non-hydrogen) atoms. The summed E-state index contributed by atoms with van der Waals surface area (Å²) in [7, 11) is 0. The first kappa shape index (κ1) is 27.2. The third-order valence-corrected chi connectivity index (χ3v) is 6.23. The van der Waals surface area contributed by atoms with E-state index in [0.717, 1.165) is 50.1 Å². The zero-order valence-electron chi connectivity index (χ0n) is 19.6. The molecule has 2 N–H and O–H groups in total. The van der Waals surface area contributed by atoms with Crippen LogP contribution in [0.4, 0.5) is 4.39 Å². The van der Waals surface area contributed by atoms with Gasteiger partial charge in [0, 0.05) is 42.4 Å². The highest BCUT2D eigenvalue weighted by atomic mass is 35.5. The van der Waals surface area contributed by atoms with Crippen LogP contribution in [0.15, 0.2) is 54.6 Å². The fourth-order valence-electron chi connectivity index (χ4n) is 4.17. The van der Waals surface area contributed by atoms with Crippen molar-refractivity contribution in [1.29, 1.82) is 0 Å². The van der Waals surface area contributed by atoms with Crippen LogP contribution >= 0.6 is 11.6 Å². The van der Waals surface area contributed by atoms with Gasteiger partial charge in [0.05, 0.1) is 0 Å². The first-order valence-electron chi connectivity index (χ1n) is 11.5. The van der Waals surface area contributed by atoms with Crippen molar-refractivity contribution in [3.8, 4) is 5.75 Å². The van der Waals surface area contributed by atoms with E-state index in [0.29, 0.717) is 42.0 Å². The molecule has 0 unspecified atom stereocenters. The molecule has 0 aliphatic carbocycles. The summed E-state index contributed by atoms with van der Waals surface area (Å²) in [6.07, 6.45) is 3.28. The summed E-state index contributed by atoms with van der Waals surface area (Å²) in [6, 6.07) is 11.6. The fraction of sp³-hybridized carbons (Fsp3) is 0.346. The van der Waals surface area contributed by atoms with Crippen molar-refractivity contribution in [2.24, 2.45) is 5.92 Å². The maximum absolute atomic E-state index is 12.9. The lowest BCUT2D eigenvalue weighted by Gasteiger charge is -2.33. The predicted molar refractivity (Wildman–Crippen MR) is 132 cm³/mol. The number of hydrogen-bond donors (Lipinski definition) is 2. The predicted octanol–water partition coefficient (Wildman–Crippen LogP) is 3.94.